The van der Waals surface area contributed by atoms with Gasteiger partial charge in [-0.2, -0.15) is 0 Å². The number of aliphatic carboxylic acids is 2. The Bertz CT molecular complexity index is 4070. The third kappa shape index (κ3) is 15.8. The zero-order chi connectivity index (χ0) is 73.5. The van der Waals surface area contributed by atoms with Crippen molar-refractivity contribution in [3.05, 3.63) is 117 Å². The van der Waals surface area contributed by atoms with Gasteiger partial charge in [-0.05, 0) is 110 Å². The number of halogens is 2. The Hall–Kier alpha value is -9.20. The van der Waals surface area contributed by atoms with Crippen LogP contribution in [0.4, 0.5) is 0 Å². The first-order valence-corrected chi connectivity index (χ1v) is 32.3. The molecule has 35 heteroatoms. The Labute approximate surface area is 583 Å². The number of carbonyl (C=O) groups excluding carboxylic acids is 6. The largest absolute Gasteiger partial charge is 0.508 e. The Morgan fingerprint density at radius 3 is 1.90 bits per heavy atom. The van der Waals surface area contributed by atoms with E-state index >= 15 is 9.59 Å². The Morgan fingerprint density at radius 1 is 0.703 bits per heavy atom. The normalized spacial score (nSPS) is 29.6. The molecule has 2 saturated heterocycles. The molecule has 0 unspecified atom stereocenters. The second-order valence-corrected chi connectivity index (χ2v) is 26.5. The highest BCUT2D eigenvalue weighted by molar-refractivity contribution is 6.32. The summed E-state index contributed by atoms with van der Waals surface area (Å²) in [5, 5.41) is 141. The molecule has 5 aromatic carbocycles. The van der Waals surface area contributed by atoms with Crippen molar-refractivity contribution in [3.8, 4) is 57.1 Å². The number of hydrogen-bond donors (Lipinski definition) is 19. The molecule has 6 amide bonds. The molecule has 542 valence electrons. The Kier molecular flexibility index (Phi) is 22.2. The number of carboxylic acids is 2. The van der Waals surface area contributed by atoms with Gasteiger partial charge in [0.05, 0.1) is 41.3 Å². The minimum atomic E-state index is -2.32. The monoisotopic (exact) mass is 1450 g/mol. The number of carboxylic acid groups (broad SMARTS) is 2. The van der Waals surface area contributed by atoms with Crippen LogP contribution in [0, 0.1) is 5.92 Å². The number of benzene rings is 5. The van der Waals surface area contributed by atoms with E-state index in [-0.39, 0.29) is 41.2 Å². The number of fused-ring (bicyclic) bond motifs is 16. The summed E-state index contributed by atoms with van der Waals surface area (Å²) in [6, 6.07) is -0.942. The molecule has 12 rings (SSSR count). The van der Waals surface area contributed by atoms with Gasteiger partial charge in [-0.15, -0.1) is 0 Å². The van der Waals surface area contributed by atoms with Gasteiger partial charge in [-0.3, -0.25) is 28.8 Å². The summed E-state index contributed by atoms with van der Waals surface area (Å²) in [6.45, 7) is 5.63. The molecule has 0 aliphatic carbocycles. The molecule has 20 N–H and O–H groups in total. The molecule has 33 nitrogen and oxygen atoms in total. The molecule has 7 heterocycles. The van der Waals surface area contributed by atoms with Crippen LogP contribution in [0.15, 0.2) is 78.9 Å². The van der Waals surface area contributed by atoms with Crippen molar-refractivity contribution in [2.24, 2.45) is 11.7 Å². The molecule has 0 radical (unpaired) electrons. The van der Waals surface area contributed by atoms with Crippen LogP contribution in [0.25, 0.3) is 11.1 Å². The van der Waals surface area contributed by atoms with Crippen LogP contribution in [-0.2, 0) is 52.6 Å². The molecule has 0 spiro atoms. The van der Waals surface area contributed by atoms with E-state index in [9.17, 15) is 84.9 Å². The van der Waals surface area contributed by atoms with Crippen LogP contribution < -0.4 is 57.2 Å². The number of carbonyl (C=O) groups is 8. The second kappa shape index (κ2) is 30.2. The molecular formula is C66H74Cl2N8O25. The van der Waals surface area contributed by atoms with Gasteiger partial charge in [0.25, 0.3) is 0 Å². The average molecular weight is 1450 g/mol. The standard InChI is InChI=1S/C66H74Cl2N8O25/c1-23(2)12-34(70-5)58(87)75-49-51(82)26-7-10-38(32(67)14-26)97-40-16-28-17-41(55(40)101-65-56(54(85)53(84)42(22-77)99-65)100-44-21-66(4,69)57(86)24(3)96-44)98-39-11-8-27(15-33(39)68)52(83)50-62(91)74-48(64(94)95)31-18-29(78)19-37(80)45(31)30-13-25(6-9-36(30)79)46(59(88)76-50)73-60(89)47(28)72-43(81)20-35(63(92)93)71-61(49)90/h6-11,13-19,23-24,34-35,42,44,46-54,56-57,65,70,77-80,82-86H,12,20-22,69H2,1-5H3,(H,71,90)(H,72,81)(H,73,89)(H,74,91)(H,75,87)(H,76,88)(H,92,93)(H,94,95)/t24-,34-,35+,42-,44-,46-,47+,48+,49+,50+,51-,52-,53-,54+,56-,57+,65+,66-/m1/s1. The zero-order valence-corrected chi connectivity index (χ0v) is 55.7. The Balaban J connectivity index is 1.23. The van der Waals surface area contributed by atoms with Gasteiger partial charge in [0.1, 0.15) is 89.5 Å². The molecule has 7 aliphatic rings. The van der Waals surface area contributed by atoms with Crippen LogP contribution in [0.1, 0.15) is 105 Å². The van der Waals surface area contributed by atoms with Crippen LogP contribution in [-0.4, -0.2) is 196 Å². The van der Waals surface area contributed by atoms with Crippen molar-refractivity contribution >= 4 is 70.6 Å². The molecule has 18 atom stereocenters. The third-order valence-corrected chi connectivity index (χ3v) is 18.3. The maximum Gasteiger partial charge on any atom is 0.330 e. The lowest BCUT2D eigenvalue weighted by Crippen LogP contribution is -2.64. The van der Waals surface area contributed by atoms with Crippen LogP contribution in [0.5, 0.6) is 46.0 Å². The average Bonchev–Trinajstić information content (AvgIpc) is 0.953. The molecular weight excluding hydrogens is 1380 g/mol. The first-order chi connectivity index (χ1) is 47.7. The smallest absolute Gasteiger partial charge is 0.330 e. The fourth-order valence-corrected chi connectivity index (χ4v) is 12.9. The van der Waals surface area contributed by atoms with Crippen LogP contribution >= 0.6 is 23.2 Å². The van der Waals surface area contributed by atoms with E-state index in [2.05, 4.69) is 37.2 Å². The number of nitrogens with two attached hydrogens (primary N) is 1. The summed E-state index contributed by atoms with van der Waals surface area (Å²) in [5.74, 6) is -16.7. The van der Waals surface area contributed by atoms with Gasteiger partial charge in [0.2, 0.25) is 47.5 Å². The summed E-state index contributed by atoms with van der Waals surface area (Å²) in [5.41, 5.74) is 2.21. The van der Waals surface area contributed by atoms with Crippen molar-refractivity contribution < 1.29 is 123 Å². The second-order valence-electron chi connectivity index (χ2n) is 25.6. The number of aliphatic hydroxyl groups is 6. The van der Waals surface area contributed by atoms with E-state index < -0.39 is 242 Å². The summed E-state index contributed by atoms with van der Waals surface area (Å²) in [6.07, 6.45) is -18.8. The van der Waals surface area contributed by atoms with E-state index in [4.69, 9.17) is 57.4 Å². The number of likely N-dealkylation sites (N-methyl/N-ethyl adjacent to an activating group) is 1. The number of phenolic OH excluding ortho intramolecular Hbond substituents is 3. The van der Waals surface area contributed by atoms with Crippen molar-refractivity contribution in [1.29, 1.82) is 0 Å². The lowest BCUT2D eigenvalue weighted by Gasteiger charge is -2.47. The lowest BCUT2D eigenvalue weighted by atomic mass is 9.86. The molecule has 11 bridgehead atoms. The minimum absolute atomic E-state index is 0.0991. The summed E-state index contributed by atoms with van der Waals surface area (Å²) in [7, 11) is 1.46. The first kappa shape index (κ1) is 74.5. The molecule has 2 fully saturated rings. The van der Waals surface area contributed by atoms with Gasteiger partial charge < -0.3 is 128 Å². The van der Waals surface area contributed by atoms with Gasteiger partial charge in [-0.25, -0.2) is 9.59 Å². The topological polar surface area (TPSA) is 525 Å². The van der Waals surface area contributed by atoms with Crippen molar-refractivity contribution in [2.45, 2.75) is 156 Å². The SMILES string of the molecule is CN[C@H](CC(C)C)C(=O)N[C@@H]1C(=O)N[C@H](C(=O)O)CC(=O)N[C@@H]2C(=O)N[C@H]3C(=O)N[C@H](C(=O)N[C@H](C(=O)O)c4cc(O)cc(O)c4-c4cc3ccc4O)[C@H](O)c3ccc(c(Cl)c3)Oc3cc2cc(c3O[C@@H]2O[C@H](CO)[C@@H](O)[C@H](O)[C@H]2O[C@@H]2C[C@@](C)(N)[C@@H](O)[C@@H](C)O2)Oc2ccc(cc2Cl)[C@H]1O. The van der Waals surface area contributed by atoms with Crippen molar-refractivity contribution in [3.63, 3.8) is 0 Å². The first-order valence-electron chi connectivity index (χ1n) is 31.6. The highest BCUT2D eigenvalue weighted by atomic mass is 35.5. The maximum absolute atomic E-state index is 15.9. The fraction of sp³-hybridized carbons (Fsp3) is 0.424. The van der Waals surface area contributed by atoms with E-state index in [0.29, 0.717) is 0 Å². The lowest BCUT2D eigenvalue weighted by molar-refractivity contribution is -0.333. The highest BCUT2D eigenvalue weighted by Gasteiger charge is 2.51. The number of nitrogens with one attached hydrogen (secondary N) is 7. The molecule has 0 aromatic heterocycles. The number of ether oxygens (including phenoxy) is 6. The zero-order valence-electron chi connectivity index (χ0n) is 54.2. The number of amides is 6. The van der Waals surface area contributed by atoms with E-state index in [1.165, 1.54) is 27.0 Å². The number of rotatable bonds is 12. The van der Waals surface area contributed by atoms with Gasteiger partial charge in [0, 0.05) is 34.7 Å². The van der Waals surface area contributed by atoms with E-state index in [0.717, 1.165) is 72.8 Å². The van der Waals surface area contributed by atoms with Crippen LogP contribution in [0.3, 0.4) is 0 Å². The van der Waals surface area contributed by atoms with Gasteiger partial charge >= 0.3 is 11.9 Å². The van der Waals surface area contributed by atoms with Gasteiger partial charge in [-0.1, -0.05) is 55.2 Å². The predicted molar refractivity (Wildman–Crippen MR) is 348 cm³/mol. The molecule has 101 heavy (non-hydrogen) atoms. The summed E-state index contributed by atoms with van der Waals surface area (Å²) in [4.78, 5) is 116. The number of aromatic hydroxyl groups is 3. The number of aliphatic hydroxyl groups excluding tert-OH is 6. The maximum atomic E-state index is 15.9. The highest BCUT2D eigenvalue weighted by Crippen LogP contribution is 2.50. The number of phenols is 3. The molecule has 7 aliphatic heterocycles. The predicted octanol–water partition coefficient (Wildman–Crippen LogP) is 0.706. The number of hydrogen-bond acceptors (Lipinski definition) is 25. The Morgan fingerprint density at radius 2 is 1.32 bits per heavy atom. The van der Waals surface area contributed by atoms with E-state index in [1.807, 2.05) is 13.8 Å². The van der Waals surface area contributed by atoms with Crippen LogP contribution in [0.2, 0.25) is 10.0 Å². The fourth-order valence-electron chi connectivity index (χ4n) is 12.4. The van der Waals surface area contributed by atoms with Gasteiger partial charge in [0.15, 0.2) is 29.9 Å². The summed E-state index contributed by atoms with van der Waals surface area (Å²) < 4.78 is 38.2. The van der Waals surface area contributed by atoms with Crippen molar-refractivity contribution in [1.82, 2.24) is 37.2 Å². The minimum Gasteiger partial charge on any atom is -0.508 e. The quantitative estimate of drug-likeness (QED) is 0.0817. The third-order valence-electron chi connectivity index (χ3n) is 17.8. The molecule has 0 saturated carbocycles. The van der Waals surface area contributed by atoms with Crippen molar-refractivity contribution in [2.75, 3.05) is 13.7 Å². The summed E-state index contributed by atoms with van der Waals surface area (Å²) >= 11 is 14.1. The molecule has 5 aromatic rings. The van der Waals surface area contributed by atoms with E-state index in [1.54, 1.807) is 0 Å².